The van der Waals surface area contributed by atoms with E-state index in [0.29, 0.717) is 0 Å². The Morgan fingerprint density at radius 3 is 2.77 bits per heavy atom. The van der Waals surface area contributed by atoms with E-state index in [9.17, 15) is 24.3 Å². The molecular formula is C16H16N4NaO8S+. The first-order valence-electron chi connectivity index (χ1n) is 8.13. The Hall–Kier alpha value is -2.48. The molecule has 30 heavy (non-hydrogen) atoms. The van der Waals surface area contributed by atoms with E-state index in [0.717, 1.165) is 4.90 Å². The van der Waals surface area contributed by atoms with Crippen LogP contribution in [-0.4, -0.2) is 70.5 Å². The summed E-state index contributed by atoms with van der Waals surface area (Å²) >= 11 is 1.21. The monoisotopic (exact) mass is 447 g/mol. The third-order valence-corrected chi connectivity index (χ3v) is 5.42. The van der Waals surface area contributed by atoms with Gasteiger partial charge in [-0.25, -0.2) is 9.59 Å². The number of β-lactam (4-membered cyclic amide) rings is 1. The molecule has 3 rings (SSSR count). The van der Waals surface area contributed by atoms with Crippen LogP contribution >= 0.6 is 11.8 Å². The van der Waals surface area contributed by atoms with Crippen molar-refractivity contribution in [3.05, 3.63) is 35.4 Å². The van der Waals surface area contributed by atoms with Gasteiger partial charge in [-0.1, -0.05) is 5.16 Å². The number of oxime groups is 1. The third-order valence-electron chi connectivity index (χ3n) is 4.08. The fourth-order valence-electron chi connectivity index (χ4n) is 2.87. The molecule has 0 spiro atoms. The molecule has 0 aromatic carbocycles. The molecule has 4 N–H and O–H groups in total. The van der Waals surface area contributed by atoms with Crippen molar-refractivity contribution in [3.8, 4) is 0 Å². The number of furan rings is 1. The number of amides is 3. The van der Waals surface area contributed by atoms with Gasteiger partial charge < -0.3 is 30.1 Å². The first-order valence-corrected chi connectivity index (χ1v) is 9.18. The summed E-state index contributed by atoms with van der Waals surface area (Å²) in [6, 6.07) is 2.08. The maximum absolute atomic E-state index is 12.6. The number of thioether (sulfide) groups is 1. The van der Waals surface area contributed by atoms with Crippen LogP contribution < -0.4 is 40.6 Å². The molecule has 0 radical (unpaired) electrons. The van der Waals surface area contributed by atoms with E-state index in [1.807, 2.05) is 0 Å². The SMILES string of the molecule is CO/N=C(/C(=O)NC1C(=O)N2C(C(=O)O)=C(COC(N)=O)CSC12)c1ccco1.[Na+]. The molecule has 12 nitrogen and oxygen atoms in total. The van der Waals surface area contributed by atoms with Gasteiger partial charge in [0.15, 0.2) is 5.76 Å². The number of carboxylic acids is 1. The van der Waals surface area contributed by atoms with Crippen molar-refractivity contribution < 1.29 is 67.8 Å². The topological polar surface area (TPSA) is 174 Å². The number of fused-ring (bicyclic) bond motifs is 1. The minimum absolute atomic E-state index is 0. The van der Waals surface area contributed by atoms with Gasteiger partial charge in [-0.3, -0.25) is 14.5 Å². The van der Waals surface area contributed by atoms with Crippen LogP contribution in [0.1, 0.15) is 5.76 Å². The molecule has 0 bridgehead atoms. The van der Waals surface area contributed by atoms with E-state index < -0.39 is 35.3 Å². The van der Waals surface area contributed by atoms with Gasteiger partial charge in [0.2, 0.25) is 5.71 Å². The van der Waals surface area contributed by atoms with Crippen molar-refractivity contribution in [2.45, 2.75) is 11.4 Å². The molecular weight excluding hydrogens is 431 g/mol. The van der Waals surface area contributed by atoms with Crippen LogP contribution in [0.25, 0.3) is 0 Å². The van der Waals surface area contributed by atoms with E-state index in [-0.39, 0.29) is 64.7 Å². The Kier molecular flexibility index (Phi) is 7.95. The molecule has 3 amide bonds. The van der Waals surface area contributed by atoms with Crippen molar-refractivity contribution >= 4 is 41.4 Å². The number of hydrogen-bond donors (Lipinski definition) is 3. The molecule has 2 aliphatic heterocycles. The van der Waals surface area contributed by atoms with Crippen LogP contribution in [-0.2, 0) is 24.0 Å². The van der Waals surface area contributed by atoms with Gasteiger partial charge in [0, 0.05) is 11.3 Å². The Morgan fingerprint density at radius 2 is 2.20 bits per heavy atom. The Labute approximate surface area is 196 Å². The van der Waals surface area contributed by atoms with Crippen molar-refractivity contribution in [2.75, 3.05) is 19.5 Å². The molecule has 0 saturated carbocycles. The van der Waals surface area contributed by atoms with Crippen LogP contribution in [0.3, 0.4) is 0 Å². The Balaban J connectivity index is 0.00000320. The molecule has 1 fully saturated rings. The fraction of sp³-hybridized carbons (Fsp3) is 0.312. The molecule has 2 unspecified atom stereocenters. The number of hydrogen-bond acceptors (Lipinski definition) is 9. The zero-order valence-corrected chi connectivity index (χ0v) is 18.8. The number of nitrogens with zero attached hydrogens (tertiary/aromatic N) is 2. The van der Waals surface area contributed by atoms with Crippen molar-refractivity contribution in [1.29, 1.82) is 0 Å². The first kappa shape index (κ1) is 23.8. The summed E-state index contributed by atoms with van der Waals surface area (Å²) in [6.07, 6.45) is 0.290. The van der Waals surface area contributed by atoms with Crippen LogP contribution in [0.4, 0.5) is 4.79 Å². The van der Waals surface area contributed by atoms with Crippen LogP contribution in [0.15, 0.2) is 39.2 Å². The van der Waals surface area contributed by atoms with Crippen molar-refractivity contribution in [2.24, 2.45) is 10.9 Å². The quantitative estimate of drug-likeness (QED) is 0.166. The van der Waals surface area contributed by atoms with Gasteiger partial charge >= 0.3 is 41.6 Å². The maximum Gasteiger partial charge on any atom is 1.00 e. The second kappa shape index (κ2) is 10.0. The number of primary amides is 1. The number of ether oxygens (including phenoxy) is 1. The molecule has 2 atom stereocenters. The van der Waals surface area contributed by atoms with E-state index in [1.165, 1.54) is 31.2 Å². The number of nitrogens with one attached hydrogen (secondary N) is 1. The fourth-order valence-corrected chi connectivity index (χ4v) is 4.19. The van der Waals surface area contributed by atoms with Gasteiger partial charge in [0.05, 0.1) is 6.26 Å². The maximum atomic E-state index is 12.6. The predicted molar refractivity (Wildman–Crippen MR) is 97.5 cm³/mol. The third kappa shape index (κ3) is 4.64. The van der Waals surface area contributed by atoms with E-state index >= 15 is 0 Å². The zero-order chi connectivity index (χ0) is 21.1. The molecule has 14 heteroatoms. The van der Waals surface area contributed by atoms with E-state index in [2.05, 4.69) is 20.0 Å². The Bertz CT molecular complexity index is 916. The van der Waals surface area contributed by atoms with Gasteiger partial charge in [-0.15, -0.1) is 11.8 Å². The standard InChI is InChI=1S/C16H16N4O8S.Na/c1-26-19-9(8-3-2-4-27-8)12(21)18-10-13(22)20-11(15(23)24)7(5-28-16(17)25)6-29-14(10)20;/h2-4,10,14H,5-6H2,1H3,(H2,17,25)(H,18,21)(H,23,24);/q;+1/b19-9+;. The predicted octanol–water partition coefficient (Wildman–Crippen LogP) is -3.53. The van der Waals surface area contributed by atoms with Crippen LogP contribution in [0.2, 0.25) is 0 Å². The second-order valence-electron chi connectivity index (χ2n) is 5.83. The van der Waals surface area contributed by atoms with E-state index in [1.54, 1.807) is 6.07 Å². The number of carbonyl (C=O) groups is 4. The zero-order valence-electron chi connectivity index (χ0n) is 16.0. The van der Waals surface area contributed by atoms with Crippen LogP contribution in [0.5, 0.6) is 0 Å². The molecule has 1 aromatic heterocycles. The molecule has 0 aliphatic carbocycles. The average molecular weight is 447 g/mol. The van der Waals surface area contributed by atoms with Gasteiger partial charge in [-0.2, -0.15) is 0 Å². The van der Waals surface area contributed by atoms with Crippen LogP contribution in [0, 0.1) is 0 Å². The first-order chi connectivity index (χ1) is 13.8. The Morgan fingerprint density at radius 1 is 1.47 bits per heavy atom. The second-order valence-corrected chi connectivity index (χ2v) is 6.93. The van der Waals surface area contributed by atoms with E-state index in [4.69, 9.17) is 10.2 Å². The summed E-state index contributed by atoms with van der Waals surface area (Å²) < 4.78 is 9.79. The molecule has 2 aliphatic rings. The molecule has 3 heterocycles. The number of carboxylic acid groups (broad SMARTS) is 1. The van der Waals surface area contributed by atoms with Gasteiger partial charge in [0.1, 0.15) is 30.8 Å². The number of carbonyl (C=O) groups excluding carboxylic acids is 3. The smallest absolute Gasteiger partial charge is 0.477 e. The minimum Gasteiger partial charge on any atom is -0.477 e. The average Bonchev–Trinajstić information content (AvgIpc) is 3.21. The summed E-state index contributed by atoms with van der Waals surface area (Å²) in [4.78, 5) is 53.3. The normalized spacial score (nSPS) is 20.5. The summed E-state index contributed by atoms with van der Waals surface area (Å²) in [7, 11) is 1.25. The molecule has 154 valence electrons. The molecule has 1 saturated heterocycles. The minimum atomic E-state index is -1.35. The summed E-state index contributed by atoms with van der Waals surface area (Å²) in [5, 5.41) is 15.0. The largest absolute Gasteiger partial charge is 1.00 e. The number of rotatable bonds is 7. The van der Waals surface area contributed by atoms with Crippen molar-refractivity contribution in [3.63, 3.8) is 0 Å². The van der Waals surface area contributed by atoms with Gasteiger partial charge in [-0.05, 0) is 12.1 Å². The molecule has 1 aromatic rings. The summed E-state index contributed by atoms with van der Waals surface area (Å²) in [5.74, 6) is -2.38. The van der Waals surface area contributed by atoms with Gasteiger partial charge in [0.25, 0.3) is 11.8 Å². The van der Waals surface area contributed by atoms with Crippen molar-refractivity contribution in [1.82, 2.24) is 10.2 Å². The number of nitrogens with two attached hydrogens (primary N) is 1. The number of aliphatic carboxylic acids is 1. The summed E-state index contributed by atoms with van der Waals surface area (Å²) in [5.41, 5.74) is 4.68. The summed E-state index contributed by atoms with van der Waals surface area (Å²) in [6.45, 7) is -0.347.